The molecule has 0 aliphatic rings. The van der Waals surface area contributed by atoms with Gasteiger partial charge in [-0.15, -0.1) is 0 Å². The number of nitrogens with one attached hydrogen (secondary N) is 1. The zero-order valence-corrected chi connectivity index (χ0v) is 16.2. The highest BCUT2D eigenvalue weighted by atomic mass is 16.6. The summed E-state index contributed by atoms with van der Waals surface area (Å²) >= 11 is 0. The highest BCUT2D eigenvalue weighted by molar-refractivity contribution is 6.03. The topological polar surface area (TPSA) is 86.1 Å². The van der Waals surface area contributed by atoms with Crippen molar-refractivity contribution >= 4 is 17.6 Å². The van der Waals surface area contributed by atoms with Crippen LogP contribution in [0.5, 0.6) is 0 Å². The van der Waals surface area contributed by atoms with Crippen molar-refractivity contribution in [3.05, 3.63) is 35.9 Å². The van der Waals surface area contributed by atoms with Gasteiger partial charge in [0, 0.05) is 12.1 Å². The highest BCUT2D eigenvalue weighted by Crippen LogP contribution is 2.22. The normalized spacial score (nSPS) is 11.5. The van der Waals surface area contributed by atoms with E-state index in [-0.39, 0.29) is 17.4 Å². The van der Waals surface area contributed by atoms with Gasteiger partial charge >= 0.3 is 6.09 Å². The smallest absolute Gasteiger partial charge is 0.412 e. The van der Waals surface area contributed by atoms with Crippen molar-refractivity contribution in [3.63, 3.8) is 0 Å². The molecule has 0 spiro atoms. The van der Waals surface area contributed by atoms with E-state index in [0.717, 1.165) is 12.0 Å². The molecule has 0 bridgehead atoms. The molecule has 0 saturated carbocycles. The SMILES string of the molecule is CCc1cnn(-c2cnc(C(=O)C(C)C)c(NC(=O)OC(C)(C)C)c2)c1. The molecule has 0 aliphatic heterocycles. The maximum Gasteiger partial charge on any atom is 0.412 e. The molecular formula is C19H26N4O3. The van der Waals surface area contributed by atoms with E-state index < -0.39 is 11.7 Å². The third-order valence-corrected chi connectivity index (χ3v) is 3.58. The van der Waals surface area contributed by atoms with Crippen molar-refractivity contribution in [2.24, 2.45) is 5.92 Å². The van der Waals surface area contributed by atoms with Crippen LogP contribution in [0.15, 0.2) is 24.7 Å². The van der Waals surface area contributed by atoms with Crippen LogP contribution in [-0.2, 0) is 11.2 Å². The second-order valence-electron chi connectivity index (χ2n) is 7.38. The van der Waals surface area contributed by atoms with Gasteiger partial charge in [0.25, 0.3) is 0 Å². The molecular weight excluding hydrogens is 332 g/mol. The molecule has 7 nitrogen and oxygen atoms in total. The van der Waals surface area contributed by atoms with E-state index in [1.165, 1.54) is 0 Å². The molecule has 2 aromatic rings. The number of carbonyl (C=O) groups is 2. The van der Waals surface area contributed by atoms with Gasteiger partial charge < -0.3 is 4.74 Å². The number of amides is 1. The summed E-state index contributed by atoms with van der Waals surface area (Å²) in [5, 5.41) is 6.94. The minimum Gasteiger partial charge on any atom is -0.444 e. The average molecular weight is 358 g/mol. The van der Waals surface area contributed by atoms with E-state index in [4.69, 9.17) is 4.74 Å². The lowest BCUT2D eigenvalue weighted by molar-refractivity contribution is 0.0636. The fourth-order valence-electron chi connectivity index (χ4n) is 2.24. The number of aromatic nitrogens is 3. The lowest BCUT2D eigenvalue weighted by Gasteiger charge is -2.20. The number of ether oxygens (including phenoxy) is 1. The second-order valence-corrected chi connectivity index (χ2v) is 7.38. The molecule has 0 atom stereocenters. The van der Waals surface area contributed by atoms with Gasteiger partial charge in [0.15, 0.2) is 5.78 Å². The van der Waals surface area contributed by atoms with Crippen molar-refractivity contribution in [2.75, 3.05) is 5.32 Å². The quantitative estimate of drug-likeness (QED) is 0.816. The third kappa shape index (κ3) is 4.91. The predicted molar refractivity (Wildman–Crippen MR) is 99.8 cm³/mol. The first-order valence-electron chi connectivity index (χ1n) is 8.69. The minimum atomic E-state index is -0.643. The van der Waals surface area contributed by atoms with Crippen molar-refractivity contribution in [1.82, 2.24) is 14.8 Å². The number of anilines is 1. The molecule has 0 aliphatic carbocycles. The maximum atomic E-state index is 12.5. The number of hydrogen-bond donors (Lipinski definition) is 1. The molecule has 2 rings (SSSR count). The van der Waals surface area contributed by atoms with E-state index in [1.54, 1.807) is 57.8 Å². The zero-order chi connectivity index (χ0) is 19.5. The van der Waals surface area contributed by atoms with Crippen LogP contribution in [0.3, 0.4) is 0 Å². The Morgan fingerprint density at radius 3 is 2.50 bits per heavy atom. The molecule has 1 N–H and O–H groups in total. The molecule has 2 aromatic heterocycles. The van der Waals surface area contributed by atoms with Crippen molar-refractivity contribution in [2.45, 2.75) is 53.6 Å². The first-order chi connectivity index (χ1) is 12.1. The summed E-state index contributed by atoms with van der Waals surface area (Å²) < 4.78 is 6.95. The standard InChI is InChI=1S/C19H26N4O3/c1-7-13-9-21-23(11-13)14-8-15(22-18(25)26-19(4,5)6)16(20-10-14)17(24)12(2)3/h8-12H,7H2,1-6H3,(H,22,25). The van der Waals surface area contributed by atoms with Crippen LogP contribution in [0.4, 0.5) is 10.5 Å². The van der Waals surface area contributed by atoms with E-state index in [9.17, 15) is 9.59 Å². The van der Waals surface area contributed by atoms with Crippen LogP contribution < -0.4 is 5.32 Å². The highest BCUT2D eigenvalue weighted by Gasteiger charge is 2.22. The van der Waals surface area contributed by atoms with Crippen LogP contribution in [0.1, 0.15) is 57.6 Å². The number of pyridine rings is 1. The molecule has 0 radical (unpaired) electrons. The van der Waals surface area contributed by atoms with Crippen LogP contribution >= 0.6 is 0 Å². The van der Waals surface area contributed by atoms with Crippen LogP contribution in [0, 0.1) is 5.92 Å². The molecule has 0 fully saturated rings. The predicted octanol–water partition coefficient (Wildman–Crippen LogP) is 4.02. The lowest BCUT2D eigenvalue weighted by atomic mass is 10.0. The van der Waals surface area contributed by atoms with Crippen LogP contribution in [0.25, 0.3) is 5.69 Å². The third-order valence-electron chi connectivity index (χ3n) is 3.58. The summed E-state index contributed by atoms with van der Waals surface area (Å²) in [5.41, 5.74) is 1.60. The van der Waals surface area contributed by atoms with Gasteiger partial charge in [-0.3, -0.25) is 10.1 Å². The fourth-order valence-corrected chi connectivity index (χ4v) is 2.24. The number of aryl methyl sites for hydroxylation is 1. The fraction of sp³-hybridized carbons (Fsp3) is 0.474. The Bertz CT molecular complexity index is 803. The van der Waals surface area contributed by atoms with Gasteiger partial charge in [0.1, 0.15) is 11.3 Å². The van der Waals surface area contributed by atoms with Gasteiger partial charge in [0.2, 0.25) is 0 Å². The Morgan fingerprint density at radius 2 is 1.96 bits per heavy atom. The number of hydrogen-bond acceptors (Lipinski definition) is 5. The molecule has 0 aromatic carbocycles. The minimum absolute atomic E-state index is 0.155. The summed E-state index contributed by atoms with van der Waals surface area (Å²) in [6.45, 7) is 10.9. The van der Waals surface area contributed by atoms with Crippen molar-refractivity contribution in [3.8, 4) is 5.69 Å². The summed E-state index contributed by atoms with van der Waals surface area (Å²) in [6, 6.07) is 1.68. The van der Waals surface area contributed by atoms with E-state index in [1.807, 2.05) is 13.1 Å². The van der Waals surface area contributed by atoms with Crippen molar-refractivity contribution < 1.29 is 14.3 Å². The largest absolute Gasteiger partial charge is 0.444 e. The lowest BCUT2D eigenvalue weighted by Crippen LogP contribution is -2.28. The van der Waals surface area contributed by atoms with Gasteiger partial charge in [0.05, 0.1) is 23.8 Å². The van der Waals surface area contributed by atoms with Gasteiger partial charge in [-0.1, -0.05) is 20.8 Å². The number of Topliss-reactive ketones (excluding diaryl/α,β-unsaturated/α-hetero) is 1. The van der Waals surface area contributed by atoms with Crippen LogP contribution in [0.2, 0.25) is 0 Å². The van der Waals surface area contributed by atoms with Crippen molar-refractivity contribution in [1.29, 1.82) is 0 Å². The zero-order valence-electron chi connectivity index (χ0n) is 16.2. The van der Waals surface area contributed by atoms with Gasteiger partial charge in [-0.2, -0.15) is 5.10 Å². The first kappa shape index (κ1) is 19.6. The number of rotatable bonds is 5. The van der Waals surface area contributed by atoms with E-state index >= 15 is 0 Å². The first-order valence-corrected chi connectivity index (χ1v) is 8.69. The summed E-state index contributed by atoms with van der Waals surface area (Å²) in [5.74, 6) is -0.402. The summed E-state index contributed by atoms with van der Waals surface area (Å²) in [6.07, 6.45) is 5.46. The number of carbonyl (C=O) groups excluding carboxylic acids is 2. The van der Waals surface area contributed by atoms with Crippen LogP contribution in [-0.4, -0.2) is 32.2 Å². The summed E-state index contributed by atoms with van der Waals surface area (Å²) in [4.78, 5) is 28.9. The number of nitrogens with zero attached hydrogens (tertiary/aromatic N) is 3. The Hall–Kier alpha value is -2.70. The maximum absolute atomic E-state index is 12.5. The Balaban J connectivity index is 2.40. The molecule has 1 amide bonds. The van der Waals surface area contributed by atoms with Gasteiger partial charge in [-0.25, -0.2) is 14.5 Å². The molecule has 2 heterocycles. The van der Waals surface area contributed by atoms with E-state index in [2.05, 4.69) is 15.4 Å². The molecule has 0 saturated heterocycles. The van der Waals surface area contributed by atoms with E-state index in [0.29, 0.717) is 11.4 Å². The second kappa shape index (κ2) is 7.68. The molecule has 140 valence electrons. The Labute approximate surface area is 153 Å². The van der Waals surface area contributed by atoms with Gasteiger partial charge in [-0.05, 0) is 38.8 Å². The Kier molecular flexibility index (Phi) is 5.79. The number of ketones is 1. The molecule has 26 heavy (non-hydrogen) atoms. The molecule has 0 unspecified atom stereocenters. The average Bonchev–Trinajstić information content (AvgIpc) is 3.01. The molecule has 7 heteroatoms. The Morgan fingerprint density at radius 1 is 1.27 bits per heavy atom. The summed E-state index contributed by atoms with van der Waals surface area (Å²) in [7, 11) is 0. The monoisotopic (exact) mass is 358 g/mol.